The summed E-state index contributed by atoms with van der Waals surface area (Å²) in [6, 6.07) is 0. The molecule has 19 heavy (non-hydrogen) atoms. The van der Waals surface area contributed by atoms with E-state index in [1.54, 1.807) is 0 Å². The van der Waals surface area contributed by atoms with Gasteiger partial charge in [0.2, 0.25) is 0 Å². The Morgan fingerprint density at radius 1 is 1.37 bits per heavy atom. The summed E-state index contributed by atoms with van der Waals surface area (Å²) < 4.78 is 17.3. The van der Waals surface area contributed by atoms with Crippen molar-refractivity contribution >= 4 is 0 Å². The van der Waals surface area contributed by atoms with Crippen molar-refractivity contribution < 1.29 is 14.0 Å². The molecule has 2 atom stereocenters. The summed E-state index contributed by atoms with van der Waals surface area (Å²) in [6.45, 7) is 4.31. The SMILES string of the molecule is Cc1noc(C2(OC3CCCCO3)CCCNC2)n1. The van der Waals surface area contributed by atoms with Crippen molar-refractivity contribution in [2.24, 2.45) is 0 Å². The number of nitrogens with one attached hydrogen (secondary N) is 1. The van der Waals surface area contributed by atoms with Gasteiger partial charge in [-0.15, -0.1) is 0 Å². The first kappa shape index (κ1) is 13.0. The van der Waals surface area contributed by atoms with Crippen molar-refractivity contribution in [2.45, 2.75) is 50.9 Å². The molecule has 2 unspecified atom stereocenters. The molecule has 1 aromatic rings. The van der Waals surface area contributed by atoms with E-state index in [4.69, 9.17) is 14.0 Å². The fraction of sp³-hybridized carbons (Fsp3) is 0.846. The lowest BCUT2D eigenvalue weighted by molar-refractivity contribution is -0.240. The Morgan fingerprint density at radius 3 is 2.95 bits per heavy atom. The number of ether oxygens (including phenoxy) is 2. The van der Waals surface area contributed by atoms with Crippen LogP contribution in [0, 0.1) is 6.92 Å². The number of piperidine rings is 1. The number of nitrogens with zero attached hydrogens (tertiary/aromatic N) is 2. The highest BCUT2D eigenvalue weighted by atomic mass is 16.7. The standard InChI is InChI=1S/C13H21N3O3/c1-10-15-12(19-16-10)13(6-4-7-14-9-13)18-11-5-2-3-8-17-11/h11,14H,2-9H2,1H3. The zero-order valence-electron chi connectivity index (χ0n) is 11.4. The number of rotatable bonds is 3. The maximum absolute atomic E-state index is 6.24. The molecule has 1 aromatic heterocycles. The third-order valence-corrected chi connectivity index (χ3v) is 3.76. The smallest absolute Gasteiger partial charge is 0.260 e. The molecule has 0 aromatic carbocycles. The second-order valence-electron chi connectivity index (χ2n) is 5.34. The molecule has 106 valence electrons. The Labute approximate surface area is 112 Å². The first-order valence-corrected chi connectivity index (χ1v) is 7.09. The number of aryl methyl sites for hydroxylation is 1. The van der Waals surface area contributed by atoms with Gasteiger partial charge in [-0.05, 0) is 45.6 Å². The van der Waals surface area contributed by atoms with Crippen LogP contribution in [-0.2, 0) is 15.1 Å². The van der Waals surface area contributed by atoms with Gasteiger partial charge in [0.25, 0.3) is 5.89 Å². The molecule has 0 bridgehead atoms. The Balaban J connectivity index is 1.79. The largest absolute Gasteiger partial charge is 0.353 e. The van der Waals surface area contributed by atoms with E-state index in [9.17, 15) is 0 Å². The highest BCUT2D eigenvalue weighted by Gasteiger charge is 2.43. The molecule has 2 saturated heterocycles. The minimum absolute atomic E-state index is 0.152. The first-order chi connectivity index (χ1) is 9.28. The van der Waals surface area contributed by atoms with Crippen molar-refractivity contribution in [1.82, 2.24) is 15.5 Å². The predicted molar refractivity (Wildman–Crippen MR) is 67.5 cm³/mol. The van der Waals surface area contributed by atoms with Gasteiger partial charge < -0.3 is 19.3 Å². The van der Waals surface area contributed by atoms with Crippen LogP contribution >= 0.6 is 0 Å². The zero-order chi connectivity index (χ0) is 13.1. The lowest BCUT2D eigenvalue weighted by atomic mass is 9.93. The molecule has 3 rings (SSSR count). The average molecular weight is 267 g/mol. The van der Waals surface area contributed by atoms with Crippen LogP contribution in [0.25, 0.3) is 0 Å². The minimum atomic E-state index is -0.526. The molecule has 1 N–H and O–H groups in total. The van der Waals surface area contributed by atoms with Gasteiger partial charge in [0.1, 0.15) is 0 Å². The van der Waals surface area contributed by atoms with Crippen LogP contribution in [-0.4, -0.2) is 36.1 Å². The van der Waals surface area contributed by atoms with Crippen molar-refractivity contribution in [2.75, 3.05) is 19.7 Å². The van der Waals surface area contributed by atoms with Gasteiger partial charge in [-0.2, -0.15) is 4.98 Å². The molecule has 6 nitrogen and oxygen atoms in total. The van der Waals surface area contributed by atoms with E-state index >= 15 is 0 Å². The Morgan fingerprint density at radius 2 is 2.32 bits per heavy atom. The summed E-state index contributed by atoms with van der Waals surface area (Å²) in [5.74, 6) is 1.22. The molecule has 0 saturated carbocycles. The van der Waals surface area contributed by atoms with E-state index in [1.807, 2.05) is 6.92 Å². The van der Waals surface area contributed by atoms with Gasteiger partial charge in [0, 0.05) is 13.2 Å². The zero-order valence-corrected chi connectivity index (χ0v) is 11.4. The van der Waals surface area contributed by atoms with Crippen molar-refractivity contribution in [1.29, 1.82) is 0 Å². The summed E-state index contributed by atoms with van der Waals surface area (Å²) in [4.78, 5) is 4.37. The predicted octanol–water partition coefficient (Wildman–Crippen LogP) is 1.50. The molecular weight excluding hydrogens is 246 g/mol. The molecule has 3 heterocycles. The second-order valence-corrected chi connectivity index (χ2v) is 5.34. The fourth-order valence-corrected chi connectivity index (χ4v) is 2.75. The van der Waals surface area contributed by atoms with E-state index in [-0.39, 0.29) is 6.29 Å². The lowest BCUT2D eigenvalue weighted by Crippen LogP contribution is -2.48. The molecule has 0 aliphatic carbocycles. The minimum Gasteiger partial charge on any atom is -0.353 e. The molecule has 0 spiro atoms. The van der Waals surface area contributed by atoms with Gasteiger partial charge in [-0.3, -0.25) is 0 Å². The summed E-state index contributed by atoms with van der Waals surface area (Å²) in [5.41, 5.74) is -0.526. The van der Waals surface area contributed by atoms with Crippen LogP contribution in [0.15, 0.2) is 4.52 Å². The van der Waals surface area contributed by atoms with Gasteiger partial charge >= 0.3 is 0 Å². The van der Waals surface area contributed by atoms with Crippen molar-refractivity contribution in [3.63, 3.8) is 0 Å². The molecule has 0 radical (unpaired) electrons. The van der Waals surface area contributed by atoms with E-state index in [2.05, 4.69) is 15.5 Å². The number of aromatic nitrogens is 2. The second kappa shape index (κ2) is 5.56. The van der Waals surface area contributed by atoms with Gasteiger partial charge in [0.15, 0.2) is 17.7 Å². The van der Waals surface area contributed by atoms with Crippen LogP contribution < -0.4 is 5.32 Å². The summed E-state index contributed by atoms with van der Waals surface area (Å²) >= 11 is 0. The van der Waals surface area contributed by atoms with Gasteiger partial charge in [-0.1, -0.05) is 5.16 Å². The summed E-state index contributed by atoms with van der Waals surface area (Å²) in [6.07, 6.45) is 4.98. The molecule has 2 aliphatic rings. The molecular formula is C13H21N3O3. The van der Waals surface area contributed by atoms with Crippen LogP contribution in [0.3, 0.4) is 0 Å². The third-order valence-electron chi connectivity index (χ3n) is 3.76. The van der Waals surface area contributed by atoms with Crippen LogP contribution in [0.4, 0.5) is 0 Å². The normalized spacial score (nSPS) is 32.4. The van der Waals surface area contributed by atoms with Gasteiger partial charge in [0.05, 0.1) is 0 Å². The highest BCUT2D eigenvalue weighted by Crippen LogP contribution is 2.34. The highest BCUT2D eigenvalue weighted by molar-refractivity contribution is 5.03. The quantitative estimate of drug-likeness (QED) is 0.895. The maximum Gasteiger partial charge on any atom is 0.260 e. The Bertz CT molecular complexity index is 409. The molecule has 6 heteroatoms. The number of hydrogen-bond acceptors (Lipinski definition) is 6. The maximum atomic E-state index is 6.24. The Kier molecular flexibility index (Phi) is 3.81. The van der Waals surface area contributed by atoms with Crippen molar-refractivity contribution in [3.8, 4) is 0 Å². The Hall–Kier alpha value is -0.980. The number of hydrogen-bond donors (Lipinski definition) is 1. The van der Waals surface area contributed by atoms with Gasteiger partial charge in [-0.25, -0.2) is 0 Å². The summed E-state index contributed by atoms with van der Waals surface area (Å²) in [5, 5.41) is 7.26. The monoisotopic (exact) mass is 267 g/mol. The molecule has 0 amide bonds. The van der Waals surface area contributed by atoms with Crippen molar-refractivity contribution in [3.05, 3.63) is 11.7 Å². The molecule has 2 fully saturated rings. The van der Waals surface area contributed by atoms with E-state index < -0.39 is 5.60 Å². The van der Waals surface area contributed by atoms with E-state index in [0.717, 1.165) is 45.3 Å². The topological polar surface area (TPSA) is 69.4 Å². The fourth-order valence-electron chi connectivity index (χ4n) is 2.75. The third kappa shape index (κ3) is 2.80. The van der Waals surface area contributed by atoms with E-state index in [1.165, 1.54) is 0 Å². The average Bonchev–Trinajstić information content (AvgIpc) is 2.88. The molecule has 2 aliphatic heterocycles. The van der Waals surface area contributed by atoms with Crippen LogP contribution in [0.5, 0.6) is 0 Å². The summed E-state index contributed by atoms with van der Waals surface area (Å²) in [7, 11) is 0. The van der Waals surface area contributed by atoms with Crippen LogP contribution in [0.1, 0.15) is 43.8 Å². The van der Waals surface area contributed by atoms with Crippen LogP contribution in [0.2, 0.25) is 0 Å². The van der Waals surface area contributed by atoms with E-state index in [0.29, 0.717) is 18.3 Å². The first-order valence-electron chi connectivity index (χ1n) is 7.09. The lowest BCUT2D eigenvalue weighted by Gasteiger charge is -2.38.